The molecule has 4 rings (SSSR count). The molecule has 2 heterocycles. The summed E-state index contributed by atoms with van der Waals surface area (Å²) in [6.45, 7) is 2.72. The Morgan fingerprint density at radius 2 is 1.53 bits per heavy atom. The van der Waals surface area contributed by atoms with Gasteiger partial charge in [-0.25, -0.2) is 12.8 Å². The SMILES string of the molecule is CS(=O)(=O)c1ccc(N2CCCC2)c(C(=O)N2CCN(c3ccc(C(F)(F)F)c(F)c3)CC2)c1. The number of hydrogen-bond acceptors (Lipinski definition) is 5. The molecule has 0 atom stereocenters. The first kappa shape index (κ1) is 24.3. The van der Waals surface area contributed by atoms with Crippen molar-refractivity contribution < 1.29 is 30.8 Å². The third kappa shape index (κ3) is 4.98. The molecule has 0 N–H and O–H groups in total. The quantitative estimate of drug-likeness (QED) is 0.599. The molecule has 0 spiro atoms. The summed E-state index contributed by atoms with van der Waals surface area (Å²) in [6, 6.07) is 7.42. The second-order valence-electron chi connectivity index (χ2n) is 8.59. The lowest BCUT2D eigenvalue weighted by atomic mass is 10.1. The third-order valence-corrected chi connectivity index (χ3v) is 7.37. The number of amides is 1. The zero-order chi connectivity index (χ0) is 24.7. The van der Waals surface area contributed by atoms with E-state index < -0.39 is 27.4 Å². The van der Waals surface area contributed by atoms with E-state index in [9.17, 15) is 30.8 Å². The topological polar surface area (TPSA) is 60.9 Å². The first-order valence-electron chi connectivity index (χ1n) is 11.0. The second kappa shape index (κ2) is 9.09. The summed E-state index contributed by atoms with van der Waals surface area (Å²) in [5, 5.41) is 0. The first-order chi connectivity index (χ1) is 15.9. The van der Waals surface area contributed by atoms with Crippen molar-refractivity contribution in [1.82, 2.24) is 4.90 Å². The van der Waals surface area contributed by atoms with Crippen molar-refractivity contribution in [2.75, 3.05) is 55.3 Å². The first-order valence-corrected chi connectivity index (χ1v) is 12.8. The van der Waals surface area contributed by atoms with Crippen LogP contribution in [0.1, 0.15) is 28.8 Å². The van der Waals surface area contributed by atoms with Gasteiger partial charge in [0.2, 0.25) is 0 Å². The summed E-state index contributed by atoms with van der Waals surface area (Å²) < 4.78 is 76.7. The molecule has 2 aromatic carbocycles. The number of halogens is 4. The number of rotatable bonds is 4. The molecule has 6 nitrogen and oxygen atoms in total. The van der Waals surface area contributed by atoms with Gasteiger partial charge in [-0.2, -0.15) is 13.2 Å². The Balaban J connectivity index is 1.53. The van der Waals surface area contributed by atoms with E-state index in [4.69, 9.17) is 0 Å². The lowest BCUT2D eigenvalue weighted by Gasteiger charge is -2.37. The fraction of sp³-hybridized carbons (Fsp3) is 0.435. The van der Waals surface area contributed by atoms with Gasteiger partial charge in [0.1, 0.15) is 5.82 Å². The van der Waals surface area contributed by atoms with Crippen molar-refractivity contribution in [3.8, 4) is 0 Å². The number of benzene rings is 2. The standard InChI is InChI=1S/C23H25F4N3O3S/c1-34(32,33)17-5-7-21(29-8-2-3-9-29)18(15-17)22(31)30-12-10-28(11-13-30)16-4-6-19(20(24)14-16)23(25,26)27/h4-7,14-15H,2-3,8-13H2,1H3. The summed E-state index contributed by atoms with van der Waals surface area (Å²) >= 11 is 0. The molecule has 0 saturated carbocycles. The second-order valence-corrected chi connectivity index (χ2v) is 10.6. The average Bonchev–Trinajstić information content (AvgIpc) is 3.31. The van der Waals surface area contributed by atoms with Gasteiger partial charge in [-0.05, 0) is 49.2 Å². The molecular formula is C23H25F4N3O3S. The Morgan fingerprint density at radius 1 is 0.882 bits per heavy atom. The number of hydrogen-bond donors (Lipinski definition) is 0. The van der Waals surface area contributed by atoms with Crippen LogP contribution in [0.4, 0.5) is 28.9 Å². The summed E-state index contributed by atoms with van der Waals surface area (Å²) in [5.41, 5.74) is 0.0145. The molecule has 0 radical (unpaired) electrons. The highest BCUT2D eigenvalue weighted by molar-refractivity contribution is 7.90. The van der Waals surface area contributed by atoms with Crippen LogP contribution in [0.25, 0.3) is 0 Å². The zero-order valence-electron chi connectivity index (χ0n) is 18.6. The molecule has 0 bridgehead atoms. The fourth-order valence-electron chi connectivity index (χ4n) is 4.42. The zero-order valence-corrected chi connectivity index (χ0v) is 19.4. The van der Waals surface area contributed by atoms with Crippen LogP contribution < -0.4 is 9.80 Å². The number of carbonyl (C=O) groups excluding carboxylic acids is 1. The van der Waals surface area contributed by atoms with Crippen LogP contribution >= 0.6 is 0 Å². The molecule has 1 amide bonds. The number of anilines is 2. The molecule has 2 aliphatic rings. The van der Waals surface area contributed by atoms with Crippen LogP contribution in [0.5, 0.6) is 0 Å². The van der Waals surface area contributed by atoms with E-state index in [1.54, 1.807) is 15.9 Å². The van der Waals surface area contributed by atoms with E-state index >= 15 is 0 Å². The van der Waals surface area contributed by atoms with Gasteiger partial charge in [0, 0.05) is 56.9 Å². The molecule has 2 fully saturated rings. The number of carbonyl (C=O) groups is 1. The van der Waals surface area contributed by atoms with E-state index in [1.807, 2.05) is 0 Å². The van der Waals surface area contributed by atoms with Crippen LogP contribution in [0.15, 0.2) is 41.3 Å². The predicted octanol–water partition coefficient (Wildman–Crippen LogP) is 3.81. The highest BCUT2D eigenvalue weighted by Crippen LogP contribution is 2.34. The van der Waals surface area contributed by atoms with Crippen LogP contribution in [0.2, 0.25) is 0 Å². The van der Waals surface area contributed by atoms with Gasteiger partial charge < -0.3 is 14.7 Å². The van der Waals surface area contributed by atoms with Crippen molar-refractivity contribution in [3.05, 3.63) is 53.3 Å². The molecule has 34 heavy (non-hydrogen) atoms. The Kier molecular flexibility index (Phi) is 6.50. The smallest absolute Gasteiger partial charge is 0.371 e. The average molecular weight is 500 g/mol. The van der Waals surface area contributed by atoms with Crippen molar-refractivity contribution in [3.63, 3.8) is 0 Å². The minimum absolute atomic E-state index is 0.0673. The van der Waals surface area contributed by atoms with E-state index in [2.05, 4.69) is 4.90 Å². The summed E-state index contributed by atoms with van der Waals surface area (Å²) in [6.07, 6.45) is -1.69. The van der Waals surface area contributed by atoms with Crippen LogP contribution in [-0.2, 0) is 16.0 Å². The minimum Gasteiger partial charge on any atom is -0.371 e. The Morgan fingerprint density at radius 3 is 2.09 bits per heavy atom. The Labute approximate surface area is 195 Å². The maximum Gasteiger partial charge on any atom is 0.419 e. The molecule has 184 valence electrons. The highest BCUT2D eigenvalue weighted by atomic mass is 32.2. The van der Waals surface area contributed by atoms with Crippen LogP contribution in [-0.4, -0.2) is 64.7 Å². The van der Waals surface area contributed by atoms with Gasteiger partial charge >= 0.3 is 6.18 Å². The maximum atomic E-state index is 14.0. The maximum absolute atomic E-state index is 14.0. The third-order valence-electron chi connectivity index (χ3n) is 6.26. The Bertz CT molecular complexity index is 1190. The molecule has 2 aromatic rings. The summed E-state index contributed by atoms with van der Waals surface area (Å²) in [4.78, 5) is 18.9. The summed E-state index contributed by atoms with van der Waals surface area (Å²) in [7, 11) is -3.51. The number of piperazine rings is 1. The van der Waals surface area contributed by atoms with Crippen molar-refractivity contribution in [1.29, 1.82) is 0 Å². The molecular weight excluding hydrogens is 474 g/mol. The lowest BCUT2D eigenvalue weighted by molar-refractivity contribution is -0.139. The van der Waals surface area contributed by atoms with Gasteiger partial charge in [-0.15, -0.1) is 0 Å². The van der Waals surface area contributed by atoms with E-state index in [0.717, 1.165) is 44.3 Å². The van der Waals surface area contributed by atoms with Crippen LogP contribution in [0, 0.1) is 5.82 Å². The monoisotopic (exact) mass is 499 g/mol. The highest BCUT2D eigenvalue weighted by Gasteiger charge is 2.34. The fourth-order valence-corrected chi connectivity index (χ4v) is 5.07. The minimum atomic E-state index is -4.76. The van der Waals surface area contributed by atoms with E-state index in [0.29, 0.717) is 30.0 Å². The van der Waals surface area contributed by atoms with Gasteiger partial charge in [0.15, 0.2) is 9.84 Å². The molecule has 0 unspecified atom stereocenters. The molecule has 0 aliphatic carbocycles. The number of alkyl halides is 3. The van der Waals surface area contributed by atoms with Crippen LogP contribution in [0.3, 0.4) is 0 Å². The normalized spacial score (nSPS) is 17.4. The number of nitrogens with zero attached hydrogens (tertiary/aromatic N) is 3. The molecule has 0 aromatic heterocycles. The molecule has 11 heteroatoms. The van der Waals surface area contributed by atoms with Gasteiger partial charge in [-0.1, -0.05) is 0 Å². The van der Waals surface area contributed by atoms with Gasteiger partial charge in [0.25, 0.3) is 5.91 Å². The van der Waals surface area contributed by atoms with Gasteiger partial charge in [0.05, 0.1) is 16.0 Å². The van der Waals surface area contributed by atoms with E-state index in [1.165, 1.54) is 18.2 Å². The predicted molar refractivity (Wildman–Crippen MR) is 121 cm³/mol. The van der Waals surface area contributed by atoms with Crippen molar-refractivity contribution in [2.45, 2.75) is 23.9 Å². The molecule has 2 aliphatic heterocycles. The molecule has 2 saturated heterocycles. The van der Waals surface area contributed by atoms with Gasteiger partial charge in [-0.3, -0.25) is 4.79 Å². The number of sulfone groups is 1. The Hall–Kier alpha value is -2.82. The lowest BCUT2D eigenvalue weighted by Crippen LogP contribution is -2.49. The largest absolute Gasteiger partial charge is 0.419 e. The van der Waals surface area contributed by atoms with Crippen molar-refractivity contribution >= 4 is 27.1 Å². The summed E-state index contributed by atoms with van der Waals surface area (Å²) in [5.74, 6) is -1.64. The van der Waals surface area contributed by atoms with Crippen molar-refractivity contribution in [2.24, 2.45) is 0 Å². The van der Waals surface area contributed by atoms with E-state index in [-0.39, 0.29) is 23.9 Å².